The Morgan fingerprint density at radius 1 is 0.722 bits per heavy atom. The quantitative estimate of drug-likeness (QED) is 0.399. The van der Waals surface area contributed by atoms with Crippen LogP contribution in [0.3, 0.4) is 0 Å². The number of nitrogens with two attached hydrogens (primary N) is 2. The molecule has 0 amide bonds. The zero-order valence-corrected chi connectivity index (χ0v) is 22.0. The Hall–Kier alpha value is -2.37. The second-order valence-corrected chi connectivity index (χ2v) is 11.3. The van der Waals surface area contributed by atoms with E-state index in [-0.39, 0.29) is 5.54 Å². The summed E-state index contributed by atoms with van der Waals surface area (Å²) in [6, 6.07) is 20.6. The molecule has 36 heavy (non-hydrogen) atoms. The molecule has 2 aliphatic carbocycles. The van der Waals surface area contributed by atoms with Gasteiger partial charge < -0.3 is 16.0 Å². The Morgan fingerprint density at radius 3 is 1.97 bits per heavy atom. The van der Waals surface area contributed by atoms with E-state index >= 15 is 0 Å². The van der Waals surface area contributed by atoms with Crippen LogP contribution in [0.25, 0.3) is 11.0 Å². The molecule has 0 bridgehead atoms. The third kappa shape index (κ3) is 5.47. The van der Waals surface area contributed by atoms with E-state index in [0.717, 1.165) is 31.4 Å². The van der Waals surface area contributed by atoms with Gasteiger partial charge in [-0.1, -0.05) is 87.4 Å². The number of anilines is 1. The zero-order valence-electron chi connectivity index (χ0n) is 22.0. The van der Waals surface area contributed by atoms with E-state index in [4.69, 9.17) is 11.5 Å². The third-order valence-electron chi connectivity index (χ3n) is 8.95. The lowest BCUT2D eigenvalue weighted by atomic mass is 9.79. The van der Waals surface area contributed by atoms with Crippen molar-refractivity contribution in [1.29, 1.82) is 0 Å². The minimum atomic E-state index is 0.214. The fourth-order valence-corrected chi connectivity index (χ4v) is 6.98. The number of fused-ring (bicyclic) bond motifs is 1. The van der Waals surface area contributed by atoms with E-state index in [0.29, 0.717) is 18.0 Å². The van der Waals surface area contributed by atoms with Gasteiger partial charge in [-0.05, 0) is 56.2 Å². The Morgan fingerprint density at radius 2 is 1.33 bits per heavy atom. The number of benzene rings is 2. The summed E-state index contributed by atoms with van der Waals surface area (Å²) in [5, 5.41) is 0. The largest absolute Gasteiger partial charge is 0.369 e. The number of piperidine rings is 1. The maximum absolute atomic E-state index is 6.34. The van der Waals surface area contributed by atoms with Crippen LogP contribution in [0.5, 0.6) is 0 Å². The van der Waals surface area contributed by atoms with Gasteiger partial charge in [-0.2, -0.15) is 0 Å². The molecule has 3 fully saturated rings. The van der Waals surface area contributed by atoms with Gasteiger partial charge in [-0.3, -0.25) is 4.90 Å². The zero-order chi connectivity index (χ0) is 24.8. The summed E-state index contributed by atoms with van der Waals surface area (Å²) in [7, 11) is 0. The molecule has 194 valence electrons. The van der Waals surface area contributed by atoms with Crippen molar-refractivity contribution < 1.29 is 0 Å². The van der Waals surface area contributed by atoms with Crippen LogP contribution < -0.4 is 11.5 Å². The number of likely N-dealkylation sites (tertiary alicyclic amines) is 1. The van der Waals surface area contributed by atoms with Crippen LogP contribution in [-0.2, 0) is 5.54 Å². The molecule has 2 heterocycles. The molecule has 5 nitrogen and oxygen atoms in total. The molecule has 0 unspecified atom stereocenters. The van der Waals surface area contributed by atoms with E-state index < -0.39 is 0 Å². The average molecular weight is 488 g/mol. The van der Waals surface area contributed by atoms with Crippen molar-refractivity contribution in [2.24, 2.45) is 5.73 Å². The van der Waals surface area contributed by atoms with E-state index in [1.807, 2.05) is 6.07 Å². The highest BCUT2D eigenvalue weighted by atomic mass is 15.2. The lowest BCUT2D eigenvalue weighted by molar-refractivity contribution is 0.0362. The van der Waals surface area contributed by atoms with Gasteiger partial charge in [0.1, 0.15) is 0 Å². The minimum absolute atomic E-state index is 0.214. The SMILES string of the molecule is NC1CCCCC1.Nc1nc2ccccc2n1C1CCN(C2(c3ccccc3)CCCCCC2)CC1. The van der Waals surface area contributed by atoms with Crippen LogP contribution in [0.4, 0.5) is 5.95 Å². The van der Waals surface area contributed by atoms with Gasteiger partial charge in [-0.25, -0.2) is 4.98 Å². The first kappa shape index (κ1) is 25.3. The Kier molecular flexibility index (Phi) is 8.28. The summed E-state index contributed by atoms with van der Waals surface area (Å²) in [6.07, 6.45) is 17.0. The highest BCUT2D eigenvalue weighted by Crippen LogP contribution is 2.44. The van der Waals surface area contributed by atoms with Crippen LogP contribution in [0, 0.1) is 0 Å². The Balaban J connectivity index is 0.000000330. The first-order chi connectivity index (χ1) is 17.7. The van der Waals surface area contributed by atoms with Crippen molar-refractivity contribution in [3.05, 3.63) is 60.2 Å². The lowest BCUT2D eigenvalue weighted by Gasteiger charge is -2.48. The fourth-order valence-electron chi connectivity index (χ4n) is 6.98. The summed E-state index contributed by atoms with van der Waals surface area (Å²) in [5.74, 6) is 0.664. The lowest BCUT2D eigenvalue weighted by Crippen LogP contribution is -2.50. The Bertz CT molecular complexity index is 1070. The number of nitrogens with zero attached hydrogens (tertiary/aromatic N) is 3. The summed E-state index contributed by atoms with van der Waals surface area (Å²) in [4.78, 5) is 7.40. The molecule has 1 saturated heterocycles. The molecular formula is C31H45N5. The van der Waals surface area contributed by atoms with E-state index in [2.05, 4.69) is 63.0 Å². The summed E-state index contributed by atoms with van der Waals surface area (Å²) < 4.78 is 2.29. The van der Waals surface area contributed by atoms with Crippen molar-refractivity contribution in [2.45, 2.75) is 101 Å². The number of imidazole rings is 1. The van der Waals surface area contributed by atoms with Gasteiger partial charge >= 0.3 is 0 Å². The van der Waals surface area contributed by atoms with E-state index in [1.165, 1.54) is 81.7 Å². The second-order valence-electron chi connectivity index (χ2n) is 11.3. The number of aromatic nitrogens is 2. The number of hydrogen-bond donors (Lipinski definition) is 2. The molecule has 1 aromatic heterocycles. The predicted molar refractivity (Wildman–Crippen MR) is 151 cm³/mol. The van der Waals surface area contributed by atoms with Crippen LogP contribution in [0.2, 0.25) is 0 Å². The van der Waals surface area contributed by atoms with Gasteiger partial charge in [0, 0.05) is 30.7 Å². The smallest absolute Gasteiger partial charge is 0.201 e. The highest BCUT2D eigenvalue weighted by molar-refractivity contribution is 5.78. The van der Waals surface area contributed by atoms with Gasteiger partial charge in [-0.15, -0.1) is 0 Å². The second kappa shape index (κ2) is 11.8. The van der Waals surface area contributed by atoms with Crippen molar-refractivity contribution >= 4 is 17.0 Å². The van der Waals surface area contributed by atoms with Gasteiger partial charge in [0.2, 0.25) is 5.95 Å². The van der Waals surface area contributed by atoms with Crippen molar-refractivity contribution in [3.8, 4) is 0 Å². The summed E-state index contributed by atoms with van der Waals surface area (Å²) in [5.41, 5.74) is 15.9. The molecule has 3 aromatic rings. The van der Waals surface area contributed by atoms with Crippen LogP contribution in [0.1, 0.15) is 95.1 Å². The summed E-state index contributed by atoms with van der Waals surface area (Å²) in [6.45, 7) is 2.26. The third-order valence-corrected chi connectivity index (χ3v) is 8.95. The average Bonchev–Trinajstić information content (AvgIpc) is 3.08. The standard InChI is InChI=1S/C25H32N4.C6H13N/c26-24-27-22-12-6-7-13-23(22)29(24)21-14-18-28(19-15-21)25(16-8-1-2-9-17-25)20-10-4-3-5-11-20;7-6-4-2-1-3-5-6/h3-7,10-13,21H,1-2,8-9,14-19H2,(H2,26,27);6H,1-5,7H2. The summed E-state index contributed by atoms with van der Waals surface area (Å²) >= 11 is 0. The molecule has 1 aliphatic heterocycles. The molecule has 6 rings (SSSR count). The van der Waals surface area contributed by atoms with Crippen molar-refractivity contribution in [2.75, 3.05) is 18.8 Å². The van der Waals surface area contributed by atoms with Crippen LogP contribution in [-0.4, -0.2) is 33.6 Å². The molecule has 0 atom stereocenters. The maximum Gasteiger partial charge on any atom is 0.201 e. The van der Waals surface area contributed by atoms with Gasteiger partial charge in [0.25, 0.3) is 0 Å². The first-order valence-corrected chi connectivity index (χ1v) is 14.5. The number of rotatable bonds is 3. The van der Waals surface area contributed by atoms with Gasteiger partial charge in [0.05, 0.1) is 11.0 Å². The van der Waals surface area contributed by atoms with E-state index in [9.17, 15) is 0 Å². The Labute approximate surface area is 217 Å². The maximum atomic E-state index is 6.34. The van der Waals surface area contributed by atoms with Gasteiger partial charge in [0.15, 0.2) is 0 Å². The molecule has 2 aromatic carbocycles. The number of hydrogen-bond acceptors (Lipinski definition) is 4. The molecule has 4 N–H and O–H groups in total. The fraction of sp³-hybridized carbons (Fsp3) is 0.581. The molecular weight excluding hydrogens is 442 g/mol. The number of nitrogen functional groups attached to an aromatic ring is 1. The highest BCUT2D eigenvalue weighted by Gasteiger charge is 2.40. The van der Waals surface area contributed by atoms with Crippen LogP contribution in [0.15, 0.2) is 54.6 Å². The topological polar surface area (TPSA) is 73.1 Å². The monoisotopic (exact) mass is 487 g/mol. The molecule has 3 aliphatic rings. The van der Waals surface area contributed by atoms with E-state index in [1.54, 1.807) is 0 Å². The number of para-hydroxylation sites is 2. The normalized spacial score (nSPS) is 22.0. The molecule has 0 radical (unpaired) electrons. The van der Waals surface area contributed by atoms with Crippen molar-refractivity contribution in [3.63, 3.8) is 0 Å². The molecule has 5 heteroatoms. The molecule has 2 saturated carbocycles. The van der Waals surface area contributed by atoms with Crippen LogP contribution >= 0.6 is 0 Å². The molecule has 0 spiro atoms. The van der Waals surface area contributed by atoms with Crippen molar-refractivity contribution in [1.82, 2.24) is 14.5 Å². The predicted octanol–water partition coefficient (Wildman–Crippen LogP) is 6.78. The first-order valence-electron chi connectivity index (χ1n) is 14.5. The minimum Gasteiger partial charge on any atom is -0.369 e.